The minimum Gasteiger partial charge on any atom is -0.486 e. The molecule has 5 nitrogen and oxygen atoms in total. The van der Waals surface area contributed by atoms with E-state index in [1.165, 1.54) is 24.3 Å². The summed E-state index contributed by atoms with van der Waals surface area (Å²) >= 11 is 0. The van der Waals surface area contributed by atoms with Crippen LogP contribution in [-0.2, 0) is 0 Å². The van der Waals surface area contributed by atoms with Gasteiger partial charge in [-0.2, -0.15) is 0 Å². The van der Waals surface area contributed by atoms with E-state index in [9.17, 15) is 9.18 Å². The molecule has 3 rings (SSSR count). The molecule has 26 heavy (non-hydrogen) atoms. The molecule has 6 heteroatoms. The van der Waals surface area contributed by atoms with Gasteiger partial charge in [0.2, 0.25) is 0 Å². The number of rotatable bonds is 5. The Morgan fingerprint density at radius 2 is 1.81 bits per heavy atom. The molecule has 0 radical (unpaired) electrons. The second-order valence-electron chi connectivity index (χ2n) is 6.31. The first-order valence-electron chi connectivity index (χ1n) is 8.79. The third-order valence-corrected chi connectivity index (χ3v) is 4.55. The minimum atomic E-state index is -0.338. The molecule has 2 amide bonds. The maximum atomic E-state index is 13.0. The van der Waals surface area contributed by atoms with Crippen LogP contribution in [0.1, 0.15) is 31.7 Å². The lowest BCUT2D eigenvalue weighted by Gasteiger charge is -2.26. The van der Waals surface area contributed by atoms with Gasteiger partial charge in [0, 0.05) is 17.6 Å². The summed E-state index contributed by atoms with van der Waals surface area (Å²) < 4.78 is 24.1. The number of anilines is 1. The molecule has 1 aliphatic heterocycles. The van der Waals surface area contributed by atoms with E-state index in [1.54, 1.807) is 0 Å². The molecule has 2 aromatic carbocycles. The molecule has 1 aliphatic rings. The van der Waals surface area contributed by atoms with Crippen LogP contribution in [0.4, 0.5) is 14.9 Å². The van der Waals surface area contributed by atoms with E-state index < -0.39 is 0 Å². The molecule has 1 heterocycles. The second-order valence-corrected chi connectivity index (χ2v) is 6.31. The highest BCUT2D eigenvalue weighted by molar-refractivity contribution is 5.89. The van der Waals surface area contributed by atoms with E-state index in [-0.39, 0.29) is 23.8 Å². The summed E-state index contributed by atoms with van der Waals surface area (Å²) in [6.07, 6.45) is 0.770. The second kappa shape index (κ2) is 8.08. The van der Waals surface area contributed by atoms with E-state index in [2.05, 4.69) is 17.6 Å². The molecule has 2 atom stereocenters. The summed E-state index contributed by atoms with van der Waals surface area (Å²) in [5, 5.41) is 5.72. The number of nitrogens with one attached hydrogen (secondary N) is 2. The van der Waals surface area contributed by atoms with Gasteiger partial charge in [-0.1, -0.05) is 19.9 Å². The molecule has 138 valence electrons. The molecular formula is C20H23FN2O3. The van der Waals surface area contributed by atoms with Gasteiger partial charge in [0.05, 0.1) is 0 Å². The van der Waals surface area contributed by atoms with Crippen LogP contribution in [0, 0.1) is 5.82 Å². The highest BCUT2D eigenvalue weighted by Crippen LogP contribution is 2.34. The predicted molar refractivity (Wildman–Crippen MR) is 98.5 cm³/mol. The summed E-state index contributed by atoms with van der Waals surface area (Å²) in [7, 11) is 0. The average molecular weight is 358 g/mol. The summed E-state index contributed by atoms with van der Waals surface area (Å²) in [6.45, 7) is 5.19. The zero-order valence-electron chi connectivity index (χ0n) is 14.9. The summed E-state index contributed by atoms with van der Waals surface area (Å²) in [4.78, 5) is 12.3. The molecule has 0 spiro atoms. The summed E-state index contributed by atoms with van der Waals surface area (Å²) in [5.74, 6) is 1.25. The number of amides is 2. The van der Waals surface area contributed by atoms with Crippen molar-refractivity contribution in [3.8, 4) is 11.5 Å². The number of hydrogen-bond donors (Lipinski definition) is 2. The Morgan fingerprint density at radius 1 is 1.12 bits per heavy atom. The zero-order valence-corrected chi connectivity index (χ0v) is 14.9. The summed E-state index contributed by atoms with van der Waals surface area (Å²) in [5.41, 5.74) is 1.62. The van der Waals surface area contributed by atoms with Crippen molar-refractivity contribution in [2.45, 2.75) is 32.2 Å². The van der Waals surface area contributed by atoms with Gasteiger partial charge in [0.25, 0.3) is 0 Å². The molecule has 0 fully saturated rings. The van der Waals surface area contributed by atoms with E-state index in [4.69, 9.17) is 9.47 Å². The van der Waals surface area contributed by atoms with Crippen molar-refractivity contribution >= 4 is 11.7 Å². The molecule has 0 aromatic heterocycles. The first-order valence-corrected chi connectivity index (χ1v) is 8.79. The number of hydrogen-bond acceptors (Lipinski definition) is 3. The fourth-order valence-electron chi connectivity index (χ4n) is 3.02. The number of halogens is 1. The van der Waals surface area contributed by atoms with Crippen molar-refractivity contribution in [3.05, 3.63) is 53.8 Å². The van der Waals surface area contributed by atoms with Crippen LogP contribution in [0.3, 0.4) is 0 Å². The predicted octanol–water partition coefficient (Wildman–Crippen LogP) is 4.30. The Hall–Kier alpha value is -2.76. The zero-order chi connectivity index (χ0) is 18.5. The van der Waals surface area contributed by atoms with Gasteiger partial charge in [0.1, 0.15) is 19.0 Å². The number of carbonyl (C=O) groups excluding carboxylic acids is 1. The Morgan fingerprint density at radius 3 is 2.50 bits per heavy atom. The van der Waals surface area contributed by atoms with E-state index in [1.807, 2.05) is 25.1 Å². The van der Waals surface area contributed by atoms with Crippen LogP contribution in [0.25, 0.3) is 0 Å². The van der Waals surface area contributed by atoms with Crippen LogP contribution in [0.15, 0.2) is 42.5 Å². The van der Waals surface area contributed by atoms with Crippen LogP contribution >= 0.6 is 0 Å². The van der Waals surface area contributed by atoms with Gasteiger partial charge in [-0.05, 0) is 48.4 Å². The first-order chi connectivity index (χ1) is 12.6. The van der Waals surface area contributed by atoms with Gasteiger partial charge < -0.3 is 20.1 Å². The quantitative estimate of drug-likeness (QED) is 0.838. The van der Waals surface area contributed by atoms with Crippen LogP contribution in [0.2, 0.25) is 0 Å². The van der Waals surface area contributed by atoms with Gasteiger partial charge >= 0.3 is 6.03 Å². The lowest BCUT2D eigenvalue weighted by molar-refractivity contribution is 0.171. The lowest BCUT2D eigenvalue weighted by atomic mass is 9.91. The Balaban J connectivity index is 1.65. The van der Waals surface area contributed by atoms with Crippen molar-refractivity contribution in [1.82, 2.24) is 5.32 Å². The fourth-order valence-corrected chi connectivity index (χ4v) is 3.02. The number of urea groups is 1. The Kier molecular flexibility index (Phi) is 5.61. The number of benzene rings is 2. The molecule has 0 bridgehead atoms. The van der Waals surface area contributed by atoms with Crippen LogP contribution in [0.5, 0.6) is 11.5 Å². The van der Waals surface area contributed by atoms with E-state index in [0.717, 1.165) is 23.5 Å². The largest absolute Gasteiger partial charge is 0.486 e. The molecule has 0 aliphatic carbocycles. The average Bonchev–Trinajstić information content (AvgIpc) is 2.67. The molecular weight excluding hydrogens is 335 g/mol. The SMILES string of the molecule is CCC(NC(=O)Nc1ccc(F)cc1)C(C)c1ccc2c(c1)OCCO2. The van der Waals surface area contributed by atoms with Crippen molar-refractivity contribution in [3.63, 3.8) is 0 Å². The van der Waals surface area contributed by atoms with E-state index >= 15 is 0 Å². The smallest absolute Gasteiger partial charge is 0.319 e. The Labute approximate surface area is 152 Å². The molecule has 2 aromatic rings. The lowest BCUT2D eigenvalue weighted by Crippen LogP contribution is -2.40. The molecule has 2 unspecified atom stereocenters. The Bertz CT molecular complexity index is 764. The highest BCUT2D eigenvalue weighted by atomic mass is 19.1. The molecule has 2 N–H and O–H groups in total. The third-order valence-electron chi connectivity index (χ3n) is 4.55. The van der Waals surface area contributed by atoms with Crippen LogP contribution < -0.4 is 20.1 Å². The van der Waals surface area contributed by atoms with Crippen LogP contribution in [-0.4, -0.2) is 25.3 Å². The number of fused-ring (bicyclic) bond motifs is 1. The van der Waals surface area contributed by atoms with Gasteiger partial charge in [-0.15, -0.1) is 0 Å². The van der Waals surface area contributed by atoms with Crippen molar-refractivity contribution in [2.24, 2.45) is 0 Å². The maximum Gasteiger partial charge on any atom is 0.319 e. The summed E-state index contributed by atoms with van der Waals surface area (Å²) in [6, 6.07) is 11.2. The first kappa shape index (κ1) is 18.0. The minimum absolute atomic E-state index is 0.0574. The van der Waals surface area contributed by atoms with Gasteiger partial charge in [-0.25, -0.2) is 9.18 Å². The monoisotopic (exact) mass is 358 g/mol. The third kappa shape index (κ3) is 4.25. The standard InChI is InChI=1S/C20H23FN2O3/c1-3-17(23-20(24)22-16-7-5-15(21)6-8-16)13(2)14-4-9-18-19(12-14)26-11-10-25-18/h4-9,12-13,17H,3,10-11H2,1-2H3,(H2,22,23,24). The molecule has 0 saturated carbocycles. The highest BCUT2D eigenvalue weighted by Gasteiger charge is 2.22. The van der Waals surface area contributed by atoms with Crippen molar-refractivity contribution in [1.29, 1.82) is 0 Å². The normalized spacial score (nSPS) is 15.0. The van der Waals surface area contributed by atoms with E-state index in [0.29, 0.717) is 18.9 Å². The van der Waals surface area contributed by atoms with Gasteiger partial charge in [0.15, 0.2) is 11.5 Å². The molecule has 0 saturated heterocycles. The maximum absolute atomic E-state index is 13.0. The number of ether oxygens (including phenoxy) is 2. The fraction of sp³-hybridized carbons (Fsp3) is 0.350. The van der Waals surface area contributed by atoms with Crippen molar-refractivity contribution < 1.29 is 18.7 Å². The van der Waals surface area contributed by atoms with Gasteiger partial charge in [-0.3, -0.25) is 0 Å². The topological polar surface area (TPSA) is 59.6 Å². The number of carbonyl (C=O) groups is 1. The van der Waals surface area contributed by atoms with Crippen molar-refractivity contribution in [2.75, 3.05) is 18.5 Å².